The van der Waals surface area contributed by atoms with Crippen molar-refractivity contribution in [3.63, 3.8) is 0 Å². The number of rotatable bonds is 3. The second kappa shape index (κ2) is 4.70. The van der Waals surface area contributed by atoms with E-state index in [9.17, 15) is 0 Å². The van der Waals surface area contributed by atoms with Crippen molar-refractivity contribution in [2.75, 3.05) is 6.61 Å². The molecule has 0 aromatic heterocycles. The summed E-state index contributed by atoms with van der Waals surface area (Å²) in [4.78, 5) is 0. The topological polar surface area (TPSA) is 9.23 Å². The monoisotopic (exact) mass is 203 g/mol. The molecular formula is C9H9Cl2O. The van der Waals surface area contributed by atoms with Crippen LogP contribution in [-0.4, -0.2) is 6.61 Å². The lowest BCUT2D eigenvalue weighted by Crippen LogP contribution is -1.92. The van der Waals surface area contributed by atoms with E-state index in [0.29, 0.717) is 23.3 Å². The van der Waals surface area contributed by atoms with E-state index in [1.165, 1.54) is 0 Å². The van der Waals surface area contributed by atoms with Gasteiger partial charge in [0, 0.05) is 16.7 Å². The van der Waals surface area contributed by atoms with Crippen LogP contribution in [0.5, 0.6) is 0 Å². The van der Waals surface area contributed by atoms with Gasteiger partial charge in [-0.25, -0.2) is 0 Å². The Morgan fingerprint density at radius 1 is 1.33 bits per heavy atom. The summed E-state index contributed by atoms with van der Waals surface area (Å²) >= 11 is 11.6. The first-order chi connectivity index (χ1) is 5.74. The molecule has 3 heteroatoms. The van der Waals surface area contributed by atoms with Crippen molar-refractivity contribution in [1.82, 2.24) is 0 Å². The zero-order valence-electron chi connectivity index (χ0n) is 6.52. The van der Waals surface area contributed by atoms with Gasteiger partial charge >= 0.3 is 0 Å². The van der Waals surface area contributed by atoms with Gasteiger partial charge in [0.15, 0.2) is 0 Å². The predicted molar refractivity (Wildman–Crippen MR) is 51.5 cm³/mol. The molecule has 0 aliphatic carbocycles. The van der Waals surface area contributed by atoms with Crippen LogP contribution in [0.3, 0.4) is 0 Å². The minimum absolute atomic E-state index is 0.433. The van der Waals surface area contributed by atoms with Crippen LogP contribution in [0.15, 0.2) is 18.2 Å². The zero-order valence-corrected chi connectivity index (χ0v) is 8.03. The van der Waals surface area contributed by atoms with Crippen LogP contribution >= 0.6 is 23.2 Å². The molecule has 1 nitrogen and oxygen atoms in total. The average molecular weight is 204 g/mol. The van der Waals surface area contributed by atoms with Crippen molar-refractivity contribution in [1.29, 1.82) is 0 Å². The largest absolute Gasteiger partial charge is 0.377 e. The molecule has 1 aromatic carbocycles. The summed E-state index contributed by atoms with van der Waals surface area (Å²) in [6.07, 6.45) is 0. The third-order valence-corrected chi connectivity index (χ3v) is 2.01. The number of halogens is 2. The van der Waals surface area contributed by atoms with Gasteiger partial charge in [-0.3, -0.25) is 0 Å². The Kier molecular flexibility index (Phi) is 3.86. The van der Waals surface area contributed by atoms with Crippen LogP contribution in [0.2, 0.25) is 10.0 Å². The van der Waals surface area contributed by atoms with Crippen molar-refractivity contribution >= 4 is 23.2 Å². The smallest absolute Gasteiger partial charge is 0.0731 e. The highest BCUT2D eigenvalue weighted by Crippen LogP contribution is 2.20. The lowest BCUT2D eigenvalue weighted by atomic mass is 10.2. The Morgan fingerprint density at radius 3 is 2.75 bits per heavy atom. The molecule has 0 spiro atoms. The molecule has 12 heavy (non-hydrogen) atoms. The summed E-state index contributed by atoms with van der Waals surface area (Å²) in [6.45, 7) is 4.45. The van der Waals surface area contributed by atoms with E-state index in [1.807, 2.05) is 0 Å². The Labute approximate surface area is 82.2 Å². The number of hydrogen-bond donors (Lipinski definition) is 0. The molecule has 0 aliphatic heterocycles. The zero-order chi connectivity index (χ0) is 8.97. The van der Waals surface area contributed by atoms with Crippen molar-refractivity contribution in [2.45, 2.75) is 6.61 Å². The lowest BCUT2D eigenvalue weighted by Gasteiger charge is -2.03. The fourth-order valence-electron chi connectivity index (χ4n) is 0.836. The Bertz CT molecular complexity index is 261. The summed E-state index contributed by atoms with van der Waals surface area (Å²) in [5, 5.41) is 1.34. The fraction of sp³-hybridized carbons (Fsp3) is 0.222. The first kappa shape index (κ1) is 9.85. The molecular weight excluding hydrogens is 195 g/mol. The Hall–Kier alpha value is -0.240. The first-order valence-electron chi connectivity index (χ1n) is 3.55. The molecule has 0 aliphatic rings. The van der Waals surface area contributed by atoms with Gasteiger partial charge in [0.05, 0.1) is 6.61 Å². The molecule has 1 rings (SSSR count). The van der Waals surface area contributed by atoms with Gasteiger partial charge in [-0.15, -0.1) is 0 Å². The normalized spacial score (nSPS) is 10.2. The van der Waals surface area contributed by atoms with Gasteiger partial charge in [-0.05, 0) is 30.7 Å². The highest BCUT2D eigenvalue weighted by Gasteiger charge is 2.00. The summed E-state index contributed by atoms with van der Waals surface area (Å²) < 4.78 is 5.10. The van der Waals surface area contributed by atoms with Gasteiger partial charge in [0.2, 0.25) is 0 Å². The molecule has 0 heterocycles. The average Bonchev–Trinajstić information content (AvgIpc) is 2.07. The summed E-state index contributed by atoms with van der Waals surface area (Å²) in [6, 6.07) is 5.29. The number of benzene rings is 1. The van der Waals surface area contributed by atoms with Crippen molar-refractivity contribution < 1.29 is 4.74 Å². The molecule has 0 saturated carbocycles. The SMILES string of the molecule is [CH2]COCc1cc(Cl)ccc1Cl. The Balaban J connectivity index is 2.75. The molecule has 0 unspecified atom stereocenters. The quantitative estimate of drug-likeness (QED) is 0.733. The van der Waals surface area contributed by atoms with Gasteiger partial charge in [0.1, 0.15) is 0 Å². The summed E-state index contributed by atoms with van der Waals surface area (Å²) in [5.74, 6) is 0. The van der Waals surface area contributed by atoms with E-state index in [1.54, 1.807) is 18.2 Å². The van der Waals surface area contributed by atoms with Crippen LogP contribution in [0.25, 0.3) is 0 Å². The maximum absolute atomic E-state index is 5.87. The van der Waals surface area contributed by atoms with E-state index < -0.39 is 0 Å². The highest BCUT2D eigenvalue weighted by molar-refractivity contribution is 6.33. The molecule has 0 saturated heterocycles. The number of ether oxygens (including phenoxy) is 1. The van der Waals surface area contributed by atoms with Crippen molar-refractivity contribution in [3.8, 4) is 0 Å². The van der Waals surface area contributed by atoms with Crippen LogP contribution in [0.1, 0.15) is 5.56 Å². The second-order valence-electron chi connectivity index (χ2n) is 2.29. The number of hydrogen-bond acceptors (Lipinski definition) is 1. The Morgan fingerprint density at radius 2 is 2.08 bits per heavy atom. The molecule has 0 amide bonds. The van der Waals surface area contributed by atoms with E-state index in [0.717, 1.165) is 5.56 Å². The van der Waals surface area contributed by atoms with E-state index in [4.69, 9.17) is 27.9 Å². The van der Waals surface area contributed by atoms with Gasteiger partial charge < -0.3 is 4.74 Å². The standard InChI is InChI=1S/C9H9Cl2O/c1-2-12-6-7-5-8(10)3-4-9(7)11/h3-5H,1-2,6H2. The summed E-state index contributed by atoms with van der Waals surface area (Å²) in [7, 11) is 0. The molecule has 0 bridgehead atoms. The van der Waals surface area contributed by atoms with Crippen LogP contribution < -0.4 is 0 Å². The van der Waals surface area contributed by atoms with Crippen molar-refractivity contribution in [3.05, 3.63) is 40.7 Å². The maximum atomic E-state index is 5.87. The predicted octanol–water partition coefficient (Wildman–Crippen LogP) is 3.34. The maximum Gasteiger partial charge on any atom is 0.0731 e. The highest BCUT2D eigenvalue weighted by atomic mass is 35.5. The third kappa shape index (κ3) is 2.67. The van der Waals surface area contributed by atoms with E-state index >= 15 is 0 Å². The van der Waals surface area contributed by atoms with Gasteiger partial charge in [-0.1, -0.05) is 23.2 Å². The molecule has 0 N–H and O–H groups in total. The molecule has 65 valence electrons. The van der Waals surface area contributed by atoms with E-state index in [-0.39, 0.29) is 0 Å². The van der Waals surface area contributed by atoms with Crippen LogP contribution in [-0.2, 0) is 11.3 Å². The van der Waals surface area contributed by atoms with Crippen LogP contribution in [0.4, 0.5) is 0 Å². The molecule has 1 radical (unpaired) electrons. The minimum Gasteiger partial charge on any atom is -0.377 e. The van der Waals surface area contributed by atoms with Crippen LogP contribution in [0, 0.1) is 6.92 Å². The fourth-order valence-corrected chi connectivity index (χ4v) is 1.20. The first-order valence-corrected chi connectivity index (χ1v) is 4.30. The van der Waals surface area contributed by atoms with Gasteiger partial charge in [-0.2, -0.15) is 0 Å². The third-order valence-electron chi connectivity index (χ3n) is 1.41. The van der Waals surface area contributed by atoms with Gasteiger partial charge in [0.25, 0.3) is 0 Å². The molecule has 0 fully saturated rings. The minimum atomic E-state index is 0.433. The van der Waals surface area contributed by atoms with E-state index in [2.05, 4.69) is 6.92 Å². The van der Waals surface area contributed by atoms with Crippen molar-refractivity contribution in [2.24, 2.45) is 0 Å². The summed E-state index contributed by atoms with van der Waals surface area (Å²) in [5.41, 5.74) is 0.896. The lowest BCUT2D eigenvalue weighted by molar-refractivity contribution is 0.147. The molecule has 1 aromatic rings. The second-order valence-corrected chi connectivity index (χ2v) is 3.13. The molecule has 0 atom stereocenters.